The van der Waals surface area contributed by atoms with Crippen LogP contribution in [-0.4, -0.2) is 36.1 Å². The molecule has 1 aromatic rings. The van der Waals surface area contributed by atoms with Gasteiger partial charge in [-0.05, 0) is 12.3 Å². The Morgan fingerprint density at radius 3 is 2.61 bits per heavy atom. The molecule has 0 aromatic carbocycles. The van der Waals surface area contributed by atoms with E-state index in [9.17, 15) is 4.79 Å². The lowest BCUT2D eigenvalue weighted by molar-refractivity contribution is 0.578. The van der Waals surface area contributed by atoms with Gasteiger partial charge < -0.3 is 16.0 Å². The fraction of sp³-hybridized carbons (Fsp3) is 0.667. The first kappa shape index (κ1) is 12.9. The van der Waals surface area contributed by atoms with E-state index >= 15 is 0 Å². The molecule has 2 heterocycles. The second-order valence-corrected chi connectivity index (χ2v) is 5.09. The zero-order valence-electron chi connectivity index (χ0n) is 11.0. The summed E-state index contributed by atoms with van der Waals surface area (Å²) in [6.07, 6.45) is 0.663. The Kier molecular flexibility index (Phi) is 3.86. The van der Waals surface area contributed by atoms with E-state index in [1.165, 1.54) is 0 Å². The number of nitrogen functional groups attached to an aromatic ring is 1. The molecule has 1 saturated heterocycles. The highest BCUT2D eigenvalue weighted by Crippen LogP contribution is 2.13. The van der Waals surface area contributed by atoms with Crippen LogP contribution in [0.25, 0.3) is 0 Å². The van der Waals surface area contributed by atoms with E-state index in [-0.39, 0.29) is 5.56 Å². The predicted octanol–water partition coefficient (Wildman–Crippen LogP) is -0.0398. The number of hydrogen-bond acceptors (Lipinski definition) is 5. The van der Waals surface area contributed by atoms with Gasteiger partial charge in [-0.1, -0.05) is 13.8 Å². The SMILES string of the molecule is CC(C)Cc1c(N)nc(N2CCNCC2)[nH]c1=O. The number of rotatable bonds is 3. The van der Waals surface area contributed by atoms with E-state index in [4.69, 9.17) is 5.73 Å². The van der Waals surface area contributed by atoms with Crippen LogP contribution < -0.4 is 21.5 Å². The van der Waals surface area contributed by atoms with Crippen LogP contribution in [0.4, 0.5) is 11.8 Å². The van der Waals surface area contributed by atoms with Crippen molar-refractivity contribution in [3.8, 4) is 0 Å². The van der Waals surface area contributed by atoms with Crippen molar-refractivity contribution < 1.29 is 0 Å². The Balaban J connectivity index is 2.27. The number of nitrogens with one attached hydrogen (secondary N) is 2. The lowest BCUT2D eigenvalue weighted by Crippen LogP contribution is -2.45. The van der Waals surface area contributed by atoms with Gasteiger partial charge in [-0.3, -0.25) is 9.78 Å². The summed E-state index contributed by atoms with van der Waals surface area (Å²) < 4.78 is 0. The minimum Gasteiger partial charge on any atom is -0.383 e. The smallest absolute Gasteiger partial charge is 0.257 e. The molecule has 0 radical (unpaired) electrons. The highest BCUT2D eigenvalue weighted by molar-refractivity contribution is 5.44. The monoisotopic (exact) mass is 251 g/mol. The van der Waals surface area contributed by atoms with E-state index in [1.807, 2.05) is 4.90 Å². The van der Waals surface area contributed by atoms with E-state index in [1.54, 1.807) is 0 Å². The second-order valence-electron chi connectivity index (χ2n) is 5.09. The molecule has 1 aliphatic heterocycles. The van der Waals surface area contributed by atoms with Crippen LogP contribution >= 0.6 is 0 Å². The number of nitrogens with two attached hydrogens (primary N) is 1. The minimum absolute atomic E-state index is 0.107. The lowest BCUT2D eigenvalue weighted by Gasteiger charge is -2.28. The van der Waals surface area contributed by atoms with Gasteiger partial charge in [0.05, 0.1) is 5.56 Å². The van der Waals surface area contributed by atoms with Crippen LogP contribution in [0.15, 0.2) is 4.79 Å². The third kappa shape index (κ3) is 2.81. The Morgan fingerprint density at radius 1 is 1.39 bits per heavy atom. The fourth-order valence-corrected chi connectivity index (χ4v) is 2.13. The number of hydrogen-bond donors (Lipinski definition) is 3. The summed E-state index contributed by atoms with van der Waals surface area (Å²) in [4.78, 5) is 21.2. The topological polar surface area (TPSA) is 87.0 Å². The van der Waals surface area contributed by atoms with Crippen LogP contribution in [0.1, 0.15) is 19.4 Å². The first-order chi connectivity index (χ1) is 8.58. The lowest BCUT2D eigenvalue weighted by atomic mass is 10.1. The van der Waals surface area contributed by atoms with E-state index in [2.05, 4.69) is 29.1 Å². The summed E-state index contributed by atoms with van der Waals surface area (Å²) in [5.74, 6) is 1.34. The Labute approximate surface area is 107 Å². The fourth-order valence-electron chi connectivity index (χ4n) is 2.13. The van der Waals surface area contributed by atoms with Crippen LogP contribution in [0.3, 0.4) is 0 Å². The molecule has 0 atom stereocenters. The van der Waals surface area contributed by atoms with Crippen molar-refractivity contribution in [1.29, 1.82) is 0 Å². The largest absolute Gasteiger partial charge is 0.383 e. The summed E-state index contributed by atoms with van der Waals surface area (Å²) >= 11 is 0. The molecule has 0 saturated carbocycles. The molecule has 0 amide bonds. The molecule has 1 aliphatic rings. The van der Waals surface area contributed by atoms with Gasteiger partial charge in [0.25, 0.3) is 5.56 Å². The van der Waals surface area contributed by atoms with Gasteiger partial charge in [0.1, 0.15) is 5.82 Å². The third-order valence-electron chi connectivity index (χ3n) is 3.06. The Morgan fingerprint density at radius 2 is 2.06 bits per heavy atom. The first-order valence-electron chi connectivity index (χ1n) is 6.42. The number of nitrogens with zero attached hydrogens (tertiary/aromatic N) is 2. The average molecular weight is 251 g/mol. The normalized spacial score (nSPS) is 16.3. The maximum absolute atomic E-state index is 12.0. The zero-order chi connectivity index (χ0) is 13.1. The predicted molar refractivity (Wildman–Crippen MR) is 72.9 cm³/mol. The van der Waals surface area contributed by atoms with Crippen molar-refractivity contribution >= 4 is 11.8 Å². The number of piperazine rings is 1. The van der Waals surface area contributed by atoms with Crippen molar-refractivity contribution in [3.63, 3.8) is 0 Å². The molecule has 0 unspecified atom stereocenters. The van der Waals surface area contributed by atoms with E-state index < -0.39 is 0 Å². The van der Waals surface area contributed by atoms with Crippen LogP contribution in [0.2, 0.25) is 0 Å². The summed E-state index contributed by atoms with van der Waals surface area (Å²) in [5.41, 5.74) is 6.40. The summed E-state index contributed by atoms with van der Waals surface area (Å²) in [5, 5.41) is 3.26. The molecule has 6 heteroatoms. The van der Waals surface area contributed by atoms with Crippen molar-refractivity contribution in [2.75, 3.05) is 36.8 Å². The molecular weight excluding hydrogens is 230 g/mol. The number of aromatic nitrogens is 2. The van der Waals surface area contributed by atoms with E-state index in [0.29, 0.717) is 29.7 Å². The van der Waals surface area contributed by atoms with Crippen molar-refractivity contribution in [2.45, 2.75) is 20.3 Å². The highest BCUT2D eigenvalue weighted by Gasteiger charge is 2.16. The van der Waals surface area contributed by atoms with Gasteiger partial charge in [0.2, 0.25) is 5.95 Å². The molecule has 0 bridgehead atoms. The van der Waals surface area contributed by atoms with E-state index in [0.717, 1.165) is 26.2 Å². The molecule has 0 spiro atoms. The molecular formula is C12H21N5O. The quantitative estimate of drug-likeness (QED) is 0.701. The summed E-state index contributed by atoms with van der Waals surface area (Å²) in [7, 11) is 0. The second kappa shape index (κ2) is 5.39. The standard InChI is InChI=1S/C12H21N5O/c1-8(2)7-9-10(13)15-12(16-11(9)18)17-5-3-14-4-6-17/h8,14H,3-7H2,1-2H3,(H3,13,15,16,18). The minimum atomic E-state index is -0.107. The zero-order valence-corrected chi connectivity index (χ0v) is 11.0. The highest BCUT2D eigenvalue weighted by atomic mass is 16.1. The van der Waals surface area contributed by atoms with Gasteiger partial charge in [0, 0.05) is 26.2 Å². The molecule has 18 heavy (non-hydrogen) atoms. The number of H-pyrrole nitrogens is 1. The molecule has 0 aliphatic carbocycles. The van der Waals surface area contributed by atoms with Gasteiger partial charge >= 0.3 is 0 Å². The van der Waals surface area contributed by atoms with Crippen molar-refractivity contribution in [2.24, 2.45) is 5.92 Å². The molecule has 100 valence electrons. The van der Waals surface area contributed by atoms with Gasteiger partial charge in [-0.2, -0.15) is 4.98 Å². The Hall–Kier alpha value is -1.56. The van der Waals surface area contributed by atoms with Crippen LogP contribution in [-0.2, 0) is 6.42 Å². The molecule has 6 nitrogen and oxygen atoms in total. The average Bonchev–Trinajstić information content (AvgIpc) is 2.34. The first-order valence-corrected chi connectivity index (χ1v) is 6.42. The van der Waals surface area contributed by atoms with Gasteiger partial charge in [-0.15, -0.1) is 0 Å². The number of aromatic amines is 1. The van der Waals surface area contributed by atoms with Gasteiger partial charge in [-0.25, -0.2) is 0 Å². The van der Waals surface area contributed by atoms with Crippen LogP contribution in [0, 0.1) is 5.92 Å². The molecule has 2 rings (SSSR count). The third-order valence-corrected chi connectivity index (χ3v) is 3.06. The van der Waals surface area contributed by atoms with Crippen molar-refractivity contribution in [1.82, 2.24) is 15.3 Å². The summed E-state index contributed by atoms with van der Waals surface area (Å²) in [6, 6.07) is 0. The van der Waals surface area contributed by atoms with Crippen molar-refractivity contribution in [3.05, 3.63) is 15.9 Å². The number of anilines is 2. The molecule has 1 aromatic heterocycles. The maximum atomic E-state index is 12.0. The molecule has 4 N–H and O–H groups in total. The van der Waals surface area contributed by atoms with Gasteiger partial charge in [0.15, 0.2) is 0 Å². The Bertz CT molecular complexity index is 462. The maximum Gasteiger partial charge on any atom is 0.257 e. The molecule has 1 fully saturated rings. The van der Waals surface area contributed by atoms with Crippen LogP contribution in [0.5, 0.6) is 0 Å². The summed E-state index contributed by atoms with van der Waals surface area (Å²) in [6.45, 7) is 7.60.